The number of anilines is 1. The van der Waals surface area contributed by atoms with Gasteiger partial charge in [-0.15, -0.1) is 11.3 Å². The van der Waals surface area contributed by atoms with Crippen LogP contribution < -0.4 is 5.32 Å². The van der Waals surface area contributed by atoms with Crippen molar-refractivity contribution >= 4 is 34.1 Å². The van der Waals surface area contributed by atoms with Gasteiger partial charge >= 0.3 is 5.97 Å². The topological polar surface area (TPSA) is 82.2 Å². The first-order valence-electron chi connectivity index (χ1n) is 12.8. The second-order valence-corrected chi connectivity index (χ2v) is 10.9. The Bertz CT molecular complexity index is 888. The summed E-state index contributed by atoms with van der Waals surface area (Å²) in [7, 11) is 0. The number of hydrogen-bond acceptors (Lipinski definition) is 7. The van der Waals surface area contributed by atoms with Crippen molar-refractivity contribution in [3.05, 3.63) is 16.0 Å². The molecule has 188 valence electrons. The van der Waals surface area contributed by atoms with Gasteiger partial charge in [0.15, 0.2) is 0 Å². The summed E-state index contributed by atoms with van der Waals surface area (Å²) in [4.78, 5) is 45.6. The first kappa shape index (κ1) is 25.1. The molecule has 1 unspecified atom stereocenters. The van der Waals surface area contributed by atoms with Crippen LogP contribution in [0.5, 0.6) is 0 Å². The standard InChI is InChI=1S/C25H38N4O4S/c1-3-33-25(32)23-19-8-7-18(2)15-20(19)34-24(23)26-21(30)16-27-11-13-28(14-12-27)17-22(31)29-9-5-4-6-10-29/h18H,3-17H2,1-2H3,(H,26,30). The number of piperazine rings is 1. The minimum atomic E-state index is -0.336. The first-order chi connectivity index (χ1) is 16.4. The van der Waals surface area contributed by atoms with E-state index in [0.717, 1.165) is 76.9 Å². The maximum Gasteiger partial charge on any atom is 0.341 e. The highest BCUT2D eigenvalue weighted by Gasteiger charge is 2.30. The molecule has 3 aliphatic rings. The number of rotatable bonds is 7. The van der Waals surface area contributed by atoms with E-state index in [4.69, 9.17) is 4.74 Å². The number of amides is 2. The summed E-state index contributed by atoms with van der Waals surface area (Å²) in [6.45, 7) is 9.96. The van der Waals surface area contributed by atoms with Gasteiger partial charge in [0.2, 0.25) is 11.8 Å². The molecule has 9 heteroatoms. The van der Waals surface area contributed by atoms with Gasteiger partial charge in [-0.05, 0) is 56.9 Å². The highest BCUT2D eigenvalue weighted by molar-refractivity contribution is 7.17. The Morgan fingerprint density at radius 3 is 2.35 bits per heavy atom. The molecule has 1 atom stereocenters. The third kappa shape index (κ3) is 6.17. The van der Waals surface area contributed by atoms with E-state index in [-0.39, 0.29) is 24.3 Å². The summed E-state index contributed by atoms with van der Waals surface area (Å²) >= 11 is 1.53. The van der Waals surface area contributed by atoms with E-state index in [1.807, 2.05) is 4.90 Å². The van der Waals surface area contributed by atoms with Gasteiger partial charge in [-0.25, -0.2) is 4.79 Å². The fourth-order valence-corrected chi connectivity index (χ4v) is 6.58. The lowest BCUT2D eigenvalue weighted by Gasteiger charge is -2.35. The van der Waals surface area contributed by atoms with E-state index >= 15 is 0 Å². The van der Waals surface area contributed by atoms with Crippen molar-refractivity contribution in [3.63, 3.8) is 0 Å². The molecular weight excluding hydrogens is 452 g/mol. The van der Waals surface area contributed by atoms with Crippen LogP contribution in [-0.2, 0) is 27.2 Å². The number of likely N-dealkylation sites (tertiary alicyclic amines) is 1. The molecule has 0 spiro atoms. The molecule has 4 rings (SSSR count). The van der Waals surface area contributed by atoms with E-state index < -0.39 is 0 Å². The van der Waals surface area contributed by atoms with Crippen LogP contribution in [0.4, 0.5) is 5.00 Å². The molecule has 1 aromatic rings. The molecule has 2 amide bonds. The average molecular weight is 491 g/mol. The summed E-state index contributed by atoms with van der Waals surface area (Å²) in [5.74, 6) is 0.378. The zero-order valence-corrected chi connectivity index (χ0v) is 21.4. The van der Waals surface area contributed by atoms with Crippen LogP contribution in [0, 0.1) is 5.92 Å². The Balaban J connectivity index is 1.29. The Labute approximate surface area is 206 Å². The number of nitrogens with one attached hydrogen (secondary N) is 1. The van der Waals surface area contributed by atoms with Gasteiger partial charge in [-0.1, -0.05) is 6.92 Å². The number of esters is 1. The van der Waals surface area contributed by atoms with Crippen molar-refractivity contribution in [2.45, 2.75) is 52.4 Å². The predicted molar refractivity (Wildman–Crippen MR) is 133 cm³/mol. The van der Waals surface area contributed by atoms with Crippen molar-refractivity contribution in [1.29, 1.82) is 0 Å². The molecule has 2 saturated heterocycles. The van der Waals surface area contributed by atoms with Crippen LogP contribution >= 0.6 is 11.3 Å². The molecule has 0 radical (unpaired) electrons. The van der Waals surface area contributed by atoms with Gasteiger partial charge in [0.05, 0.1) is 25.3 Å². The van der Waals surface area contributed by atoms with E-state index in [1.54, 1.807) is 6.92 Å². The number of carbonyl (C=O) groups is 3. The molecule has 1 aliphatic carbocycles. The van der Waals surface area contributed by atoms with Gasteiger partial charge in [-0.2, -0.15) is 0 Å². The molecule has 0 bridgehead atoms. The first-order valence-corrected chi connectivity index (χ1v) is 13.6. The summed E-state index contributed by atoms with van der Waals surface area (Å²) in [5.41, 5.74) is 1.62. The number of carbonyl (C=O) groups excluding carboxylic acids is 3. The quantitative estimate of drug-likeness (QED) is 0.592. The van der Waals surface area contributed by atoms with Crippen LogP contribution in [-0.4, -0.2) is 91.4 Å². The minimum absolute atomic E-state index is 0.102. The highest BCUT2D eigenvalue weighted by Crippen LogP contribution is 2.40. The van der Waals surface area contributed by atoms with Gasteiger partial charge in [-0.3, -0.25) is 19.4 Å². The zero-order valence-electron chi connectivity index (χ0n) is 20.6. The maximum absolute atomic E-state index is 12.9. The molecule has 2 aliphatic heterocycles. The van der Waals surface area contributed by atoms with Crippen LogP contribution in [0.1, 0.15) is 60.3 Å². The molecule has 3 heterocycles. The third-order valence-corrected chi connectivity index (χ3v) is 8.31. The Kier molecular flexibility index (Phi) is 8.60. The van der Waals surface area contributed by atoms with Gasteiger partial charge < -0.3 is 15.0 Å². The average Bonchev–Trinajstić information content (AvgIpc) is 3.17. The molecule has 1 aromatic heterocycles. The van der Waals surface area contributed by atoms with Gasteiger partial charge in [0, 0.05) is 44.1 Å². The van der Waals surface area contributed by atoms with E-state index in [9.17, 15) is 14.4 Å². The van der Waals surface area contributed by atoms with Crippen molar-refractivity contribution in [2.24, 2.45) is 5.92 Å². The zero-order chi connectivity index (χ0) is 24.1. The largest absolute Gasteiger partial charge is 0.462 e. The van der Waals surface area contributed by atoms with Crippen molar-refractivity contribution in [1.82, 2.24) is 14.7 Å². The van der Waals surface area contributed by atoms with E-state index in [1.165, 1.54) is 22.6 Å². The van der Waals surface area contributed by atoms with Crippen molar-refractivity contribution in [2.75, 3.05) is 64.3 Å². The van der Waals surface area contributed by atoms with Crippen LogP contribution in [0.25, 0.3) is 0 Å². The number of fused-ring (bicyclic) bond motifs is 1. The number of piperidine rings is 1. The summed E-state index contributed by atoms with van der Waals surface area (Å²) in [5, 5.41) is 3.65. The fourth-order valence-electron chi connectivity index (χ4n) is 5.17. The monoisotopic (exact) mass is 490 g/mol. The lowest BCUT2D eigenvalue weighted by Crippen LogP contribution is -2.51. The molecule has 0 saturated carbocycles. The van der Waals surface area contributed by atoms with Gasteiger partial charge in [0.1, 0.15) is 5.00 Å². The molecule has 34 heavy (non-hydrogen) atoms. The smallest absolute Gasteiger partial charge is 0.341 e. The number of thiophene rings is 1. The molecule has 2 fully saturated rings. The lowest BCUT2D eigenvalue weighted by molar-refractivity contribution is -0.134. The fraction of sp³-hybridized carbons (Fsp3) is 0.720. The summed E-state index contributed by atoms with van der Waals surface area (Å²) in [6, 6.07) is 0. The Hall–Kier alpha value is -1.97. The molecule has 1 N–H and O–H groups in total. The number of ether oxygens (including phenoxy) is 1. The normalized spacial score (nSPS) is 21.7. The molecule has 8 nitrogen and oxygen atoms in total. The summed E-state index contributed by atoms with van der Waals surface area (Å²) in [6.07, 6.45) is 6.29. The predicted octanol–water partition coefficient (Wildman–Crippen LogP) is 2.62. The maximum atomic E-state index is 12.9. The lowest BCUT2D eigenvalue weighted by atomic mass is 9.88. The highest BCUT2D eigenvalue weighted by atomic mass is 32.1. The van der Waals surface area contributed by atoms with Crippen LogP contribution in [0.15, 0.2) is 0 Å². The summed E-state index contributed by atoms with van der Waals surface area (Å²) < 4.78 is 5.31. The Morgan fingerprint density at radius 2 is 1.68 bits per heavy atom. The third-order valence-electron chi connectivity index (χ3n) is 7.14. The van der Waals surface area contributed by atoms with Crippen molar-refractivity contribution in [3.8, 4) is 0 Å². The second-order valence-electron chi connectivity index (χ2n) is 9.82. The SMILES string of the molecule is CCOC(=O)c1c(NC(=O)CN2CCN(CC(=O)N3CCCCC3)CC2)sc2c1CCC(C)C2. The second kappa shape index (κ2) is 11.6. The number of nitrogens with zero attached hydrogens (tertiary/aromatic N) is 3. The van der Waals surface area contributed by atoms with Crippen LogP contribution in [0.2, 0.25) is 0 Å². The van der Waals surface area contributed by atoms with Crippen molar-refractivity contribution < 1.29 is 19.1 Å². The Morgan fingerprint density at radius 1 is 1.00 bits per heavy atom. The van der Waals surface area contributed by atoms with E-state index in [2.05, 4.69) is 22.0 Å². The molecule has 0 aromatic carbocycles. The number of hydrogen-bond donors (Lipinski definition) is 1. The van der Waals surface area contributed by atoms with Crippen LogP contribution in [0.3, 0.4) is 0 Å². The molecular formula is C25H38N4O4S. The van der Waals surface area contributed by atoms with Gasteiger partial charge in [0.25, 0.3) is 0 Å². The van der Waals surface area contributed by atoms with E-state index in [0.29, 0.717) is 29.6 Å². The minimum Gasteiger partial charge on any atom is -0.462 e.